The molecule has 1 spiro atoms. The quantitative estimate of drug-likeness (QED) is 0.304. The fourth-order valence-electron chi connectivity index (χ4n) is 6.27. The summed E-state index contributed by atoms with van der Waals surface area (Å²) in [7, 11) is 0.824. The number of nitrogens with zero attached hydrogens (tertiary/aromatic N) is 6. The van der Waals surface area contributed by atoms with Gasteiger partial charge in [-0.25, -0.2) is 27.8 Å². The zero-order chi connectivity index (χ0) is 32.3. The molecule has 244 valence electrons. The van der Waals surface area contributed by atoms with Crippen LogP contribution in [0.15, 0.2) is 36.7 Å². The number of ether oxygens (including phenoxy) is 1. The van der Waals surface area contributed by atoms with Gasteiger partial charge in [-0.3, -0.25) is 4.18 Å². The first-order valence-corrected chi connectivity index (χ1v) is 17.8. The predicted molar refractivity (Wildman–Crippen MR) is 180 cm³/mol. The van der Waals surface area contributed by atoms with Crippen LogP contribution in [0.4, 0.5) is 5.82 Å². The molecule has 0 aliphatic carbocycles. The smallest absolute Gasteiger partial charge is 0.182 e. The van der Waals surface area contributed by atoms with Gasteiger partial charge in [-0.05, 0) is 79.5 Å². The molecule has 2 saturated heterocycles. The monoisotopic (exact) mass is 655 g/mol. The molecule has 45 heavy (non-hydrogen) atoms. The molecule has 4 aromatic rings. The minimum absolute atomic E-state index is 0.00999. The maximum Gasteiger partial charge on any atom is 0.182 e. The third-order valence-corrected chi connectivity index (χ3v) is 11.9. The number of aryl methyl sites for hydroxylation is 1. The van der Waals surface area contributed by atoms with Gasteiger partial charge in [0.25, 0.3) is 0 Å². The molecule has 1 unspecified atom stereocenters. The number of benzene rings is 1. The van der Waals surface area contributed by atoms with Gasteiger partial charge >= 0.3 is 0 Å². The standard InChI is InChI=1S/C32H45N7O4S2/c1-21-27(36-44(40)30(2,3)4)32(20-42-21)13-16-38(17-14-32)28-24(19-43-45(41)31(5,6)7)35-29-23(34-28)18-33-39(29)26-11-9-10-25-22(26)12-15-37(25)8/h9-12,15,18,21,27,36H,13-14,16-17,19-20H2,1-8H3/t21-,27+,44+,45?/m0/s1. The fraction of sp³-hybridized carbons (Fsp3) is 0.594. The van der Waals surface area contributed by atoms with Crippen molar-refractivity contribution in [3.05, 3.63) is 42.4 Å². The summed E-state index contributed by atoms with van der Waals surface area (Å²) in [4.78, 5) is 12.4. The van der Waals surface area contributed by atoms with Crippen LogP contribution in [0.1, 0.15) is 67.0 Å². The lowest BCUT2D eigenvalue weighted by atomic mass is 9.73. The Morgan fingerprint density at radius 2 is 1.80 bits per heavy atom. The van der Waals surface area contributed by atoms with Gasteiger partial charge < -0.3 is 14.2 Å². The number of hydrogen-bond donors (Lipinski definition) is 1. The van der Waals surface area contributed by atoms with E-state index in [1.165, 1.54) is 0 Å². The summed E-state index contributed by atoms with van der Waals surface area (Å²) in [5.41, 5.74) is 3.80. The van der Waals surface area contributed by atoms with Crippen LogP contribution in [0.2, 0.25) is 0 Å². The van der Waals surface area contributed by atoms with Crippen LogP contribution in [-0.4, -0.2) is 74.1 Å². The van der Waals surface area contributed by atoms with Crippen LogP contribution in [-0.2, 0) is 44.6 Å². The molecule has 11 nitrogen and oxygen atoms in total. The number of rotatable bonds is 7. The molecule has 0 amide bonds. The van der Waals surface area contributed by atoms with E-state index >= 15 is 0 Å². The van der Waals surface area contributed by atoms with Crippen LogP contribution in [0.5, 0.6) is 0 Å². The van der Waals surface area contributed by atoms with Crippen molar-refractivity contribution in [3.8, 4) is 5.69 Å². The van der Waals surface area contributed by atoms with Crippen LogP contribution in [0.3, 0.4) is 0 Å². The Morgan fingerprint density at radius 1 is 1.07 bits per heavy atom. The summed E-state index contributed by atoms with van der Waals surface area (Å²) in [6.45, 7) is 15.8. The average Bonchev–Trinajstić information content (AvgIpc) is 3.66. The summed E-state index contributed by atoms with van der Waals surface area (Å²) < 4.78 is 44.5. The number of nitrogens with one attached hydrogen (secondary N) is 1. The average molecular weight is 656 g/mol. The van der Waals surface area contributed by atoms with Crippen molar-refractivity contribution in [3.63, 3.8) is 0 Å². The largest absolute Gasteiger partial charge is 0.376 e. The number of piperidine rings is 1. The second kappa shape index (κ2) is 11.8. The number of aromatic nitrogens is 5. The maximum absolute atomic E-state index is 13.1. The Morgan fingerprint density at radius 3 is 2.49 bits per heavy atom. The van der Waals surface area contributed by atoms with E-state index in [0.29, 0.717) is 23.5 Å². The zero-order valence-corrected chi connectivity index (χ0v) is 29.1. The summed E-state index contributed by atoms with van der Waals surface area (Å²) in [6.07, 6.45) is 5.45. The predicted octanol–water partition coefficient (Wildman–Crippen LogP) is 4.71. The Balaban J connectivity index is 1.33. The molecule has 0 bridgehead atoms. The maximum atomic E-state index is 13.1. The molecule has 4 atom stereocenters. The Labute approximate surface area is 270 Å². The summed E-state index contributed by atoms with van der Waals surface area (Å²) in [6, 6.07) is 8.19. The molecule has 1 N–H and O–H groups in total. The first-order chi connectivity index (χ1) is 21.2. The van der Waals surface area contributed by atoms with E-state index in [1.54, 1.807) is 6.20 Å². The first-order valence-electron chi connectivity index (χ1n) is 15.6. The first kappa shape index (κ1) is 32.2. The second-order valence-electron chi connectivity index (χ2n) is 14.3. The molecule has 1 aromatic carbocycles. The minimum atomic E-state index is -1.53. The van der Waals surface area contributed by atoms with Crippen LogP contribution < -0.4 is 9.62 Å². The summed E-state index contributed by atoms with van der Waals surface area (Å²) in [5.74, 6) is 0.718. The van der Waals surface area contributed by atoms with Gasteiger partial charge in [0, 0.05) is 42.7 Å². The molecule has 6 rings (SSSR count). The Hall–Kier alpha value is -2.71. The van der Waals surface area contributed by atoms with Crippen molar-refractivity contribution < 1.29 is 17.3 Å². The van der Waals surface area contributed by atoms with E-state index in [-0.39, 0.29) is 28.9 Å². The van der Waals surface area contributed by atoms with E-state index in [2.05, 4.69) is 33.2 Å². The van der Waals surface area contributed by atoms with E-state index in [0.717, 1.165) is 48.3 Å². The molecule has 13 heteroatoms. The Bertz CT molecular complexity index is 1760. The highest BCUT2D eigenvalue weighted by atomic mass is 32.2. The lowest BCUT2D eigenvalue weighted by Gasteiger charge is -2.43. The van der Waals surface area contributed by atoms with Crippen LogP contribution in [0, 0.1) is 5.41 Å². The molecule has 0 radical (unpaired) electrons. The van der Waals surface area contributed by atoms with E-state index in [4.69, 9.17) is 24.0 Å². The van der Waals surface area contributed by atoms with Gasteiger partial charge in [-0.1, -0.05) is 6.07 Å². The SMILES string of the molecule is C[C@@H]1OCC2(CCN(c3nc4cnn(-c5cccc6c5ccn6C)c4nc3COS(=O)C(C)(C)C)CC2)[C@@H]1N[S@](=O)C(C)(C)C. The van der Waals surface area contributed by atoms with E-state index < -0.39 is 26.8 Å². The molecular weight excluding hydrogens is 611 g/mol. The highest BCUT2D eigenvalue weighted by molar-refractivity contribution is 7.84. The number of fused-ring (bicyclic) bond motifs is 2. The van der Waals surface area contributed by atoms with Crippen molar-refractivity contribution in [2.75, 3.05) is 24.6 Å². The van der Waals surface area contributed by atoms with Crippen LogP contribution in [0.25, 0.3) is 27.8 Å². The molecule has 3 aromatic heterocycles. The lowest BCUT2D eigenvalue weighted by molar-refractivity contribution is 0.0973. The highest BCUT2D eigenvalue weighted by Crippen LogP contribution is 2.44. The van der Waals surface area contributed by atoms with Gasteiger partial charge in [-0.2, -0.15) is 5.10 Å². The van der Waals surface area contributed by atoms with Gasteiger partial charge in [0.05, 0.1) is 51.1 Å². The number of anilines is 1. The van der Waals surface area contributed by atoms with Gasteiger partial charge in [0.1, 0.15) is 17.8 Å². The molecule has 5 heterocycles. The minimum Gasteiger partial charge on any atom is -0.376 e. The molecule has 0 saturated carbocycles. The third kappa shape index (κ3) is 6.09. The lowest BCUT2D eigenvalue weighted by Crippen LogP contribution is -2.55. The van der Waals surface area contributed by atoms with E-state index in [1.807, 2.05) is 71.6 Å². The van der Waals surface area contributed by atoms with Crippen LogP contribution >= 0.6 is 0 Å². The van der Waals surface area contributed by atoms with Gasteiger partial charge in [-0.15, -0.1) is 0 Å². The fourth-order valence-corrected chi connectivity index (χ4v) is 7.87. The molecule has 2 aliphatic heterocycles. The summed E-state index contributed by atoms with van der Waals surface area (Å²) in [5, 5.41) is 5.78. The zero-order valence-electron chi connectivity index (χ0n) is 27.5. The van der Waals surface area contributed by atoms with Crippen molar-refractivity contribution >= 4 is 50.0 Å². The molecular formula is C32H45N7O4S2. The molecule has 2 fully saturated rings. The molecule has 2 aliphatic rings. The Kier molecular flexibility index (Phi) is 8.47. The summed E-state index contributed by atoms with van der Waals surface area (Å²) >= 11 is -1.53. The van der Waals surface area contributed by atoms with Gasteiger partial charge in [0.2, 0.25) is 0 Å². The highest BCUT2D eigenvalue weighted by Gasteiger charge is 2.51. The van der Waals surface area contributed by atoms with Gasteiger partial charge in [0.15, 0.2) is 22.5 Å². The van der Waals surface area contributed by atoms with Crippen molar-refractivity contribution in [1.29, 1.82) is 0 Å². The second-order valence-corrected chi connectivity index (χ2v) is 18.3. The van der Waals surface area contributed by atoms with Crippen molar-refractivity contribution in [1.82, 2.24) is 29.0 Å². The van der Waals surface area contributed by atoms with E-state index in [9.17, 15) is 8.42 Å². The third-order valence-electron chi connectivity index (χ3n) is 9.00. The van der Waals surface area contributed by atoms with Crippen molar-refractivity contribution in [2.45, 2.75) is 89.6 Å². The topological polar surface area (TPSA) is 116 Å². The number of hydrogen-bond acceptors (Lipinski definition) is 8. The normalized spacial score (nSPS) is 22.1. The van der Waals surface area contributed by atoms with Crippen molar-refractivity contribution in [2.24, 2.45) is 12.5 Å².